The van der Waals surface area contributed by atoms with E-state index in [0.29, 0.717) is 28.8 Å². The Bertz CT molecular complexity index is 1520. The second-order valence-electron chi connectivity index (χ2n) is 10.9. The molecule has 8 heteroatoms. The Balaban J connectivity index is 1.41. The number of aromatic nitrogens is 4. The zero-order valence-electron chi connectivity index (χ0n) is 21.2. The van der Waals surface area contributed by atoms with Gasteiger partial charge in [-0.2, -0.15) is 0 Å². The number of nitrogens with one attached hydrogen (secondary N) is 1. The quantitative estimate of drug-likeness (QED) is 0.431. The number of aliphatic hydroxyl groups is 1. The van der Waals surface area contributed by atoms with Crippen LogP contribution in [0.2, 0.25) is 0 Å². The minimum atomic E-state index is -1.09. The van der Waals surface area contributed by atoms with Gasteiger partial charge in [-0.3, -0.25) is 4.79 Å². The van der Waals surface area contributed by atoms with Gasteiger partial charge < -0.3 is 15.3 Å². The van der Waals surface area contributed by atoms with Crippen LogP contribution in [0.25, 0.3) is 16.7 Å². The van der Waals surface area contributed by atoms with Crippen LogP contribution in [0.15, 0.2) is 53.5 Å². The maximum Gasteiger partial charge on any atom is 0.276 e. The molecule has 2 aliphatic carbocycles. The van der Waals surface area contributed by atoms with Crippen molar-refractivity contribution in [2.45, 2.75) is 57.2 Å². The first kappa shape index (κ1) is 22.9. The Kier molecular flexibility index (Phi) is 5.28. The fourth-order valence-electron chi connectivity index (χ4n) is 5.13. The molecule has 0 spiro atoms. The lowest BCUT2D eigenvalue weighted by molar-refractivity contribution is 0.0738. The van der Waals surface area contributed by atoms with E-state index in [2.05, 4.69) is 47.5 Å². The van der Waals surface area contributed by atoms with Gasteiger partial charge in [0.1, 0.15) is 11.4 Å². The number of likely N-dealkylation sites (N-methyl/N-ethyl adjacent to an activating group) is 1. The first-order valence-corrected chi connectivity index (χ1v) is 12.6. The molecule has 1 unspecified atom stereocenters. The zero-order chi connectivity index (χ0) is 25.2. The van der Waals surface area contributed by atoms with Crippen molar-refractivity contribution >= 4 is 22.4 Å². The average molecular weight is 485 g/mol. The van der Waals surface area contributed by atoms with Gasteiger partial charge in [0.2, 0.25) is 0 Å². The Morgan fingerprint density at radius 1 is 1.08 bits per heavy atom. The van der Waals surface area contributed by atoms with Gasteiger partial charge in [-0.15, -0.1) is 0 Å². The largest absolute Gasteiger partial charge is 0.384 e. The van der Waals surface area contributed by atoms with E-state index >= 15 is 0 Å². The fourth-order valence-corrected chi connectivity index (χ4v) is 5.13. The number of benzene rings is 1. The molecule has 6 rings (SSSR count). The van der Waals surface area contributed by atoms with Gasteiger partial charge in [0.25, 0.3) is 5.56 Å². The molecule has 0 bridgehead atoms. The summed E-state index contributed by atoms with van der Waals surface area (Å²) >= 11 is 0. The topological polar surface area (TPSA) is 88.2 Å². The second kappa shape index (κ2) is 8.28. The second-order valence-corrected chi connectivity index (χ2v) is 10.9. The Morgan fingerprint density at radius 2 is 1.86 bits per heavy atom. The number of fused-ring (bicyclic) bond motifs is 2. The summed E-state index contributed by atoms with van der Waals surface area (Å²) < 4.78 is 3.69. The van der Waals surface area contributed by atoms with Gasteiger partial charge in [-0.05, 0) is 89.0 Å². The molecule has 3 aromatic heterocycles. The molecule has 1 fully saturated rings. The molecule has 186 valence electrons. The van der Waals surface area contributed by atoms with Crippen LogP contribution in [0.1, 0.15) is 49.6 Å². The first-order valence-electron chi connectivity index (χ1n) is 12.6. The number of pyridine rings is 2. The van der Waals surface area contributed by atoms with E-state index < -0.39 is 5.60 Å². The number of rotatable bonds is 6. The Morgan fingerprint density at radius 3 is 2.58 bits per heavy atom. The maximum atomic E-state index is 13.4. The van der Waals surface area contributed by atoms with Crippen LogP contribution < -0.4 is 10.9 Å². The van der Waals surface area contributed by atoms with Crippen LogP contribution in [0.5, 0.6) is 0 Å². The summed E-state index contributed by atoms with van der Waals surface area (Å²) in [6, 6.07) is 14.7. The van der Waals surface area contributed by atoms with Crippen molar-refractivity contribution in [2.24, 2.45) is 0 Å². The molecular formula is C28H32N6O2. The molecule has 1 atom stereocenters. The summed E-state index contributed by atoms with van der Waals surface area (Å²) in [4.78, 5) is 25.0. The zero-order valence-corrected chi connectivity index (χ0v) is 21.2. The van der Waals surface area contributed by atoms with Gasteiger partial charge in [0.15, 0.2) is 5.82 Å². The van der Waals surface area contributed by atoms with Gasteiger partial charge in [0, 0.05) is 24.0 Å². The van der Waals surface area contributed by atoms with Crippen molar-refractivity contribution in [1.29, 1.82) is 0 Å². The first-order chi connectivity index (χ1) is 17.2. The molecule has 0 saturated heterocycles. The summed E-state index contributed by atoms with van der Waals surface area (Å²) in [6.45, 7) is 3.42. The van der Waals surface area contributed by atoms with Gasteiger partial charge >= 0.3 is 0 Å². The van der Waals surface area contributed by atoms with Gasteiger partial charge in [-0.25, -0.2) is 19.3 Å². The van der Waals surface area contributed by atoms with Crippen LogP contribution in [-0.4, -0.2) is 49.5 Å². The van der Waals surface area contributed by atoms with Crippen LogP contribution in [0, 0.1) is 0 Å². The van der Waals surface area contributed by atoms with Crippen molar-refractivity contribution in [3.8, 4) is 5.82 Å². The Hall–Kier alpha value is -3.49. The van der Waals surface area contributed by atoms with Gasteiger partial charge in [0.05, 0.1) is 22.6 Å². The van der Waals surface area contributed by atoms with E-state index in [1.54, 1.807) is 30.8 Å². The molecule has 8 nitrogen and oxygen atoms in total. The van der Waals surface area contributed by atoms with Crippen LogP contribution >= 0.6 is 0 Å². The van der Waals surface area contributed by atoms with E-state index in [-0.39, 0.29) is 11.6 Å². The predicted octanol–water partition coefficient (Wildman–Crippen LogP) is 3.92. The SMILES string of the molecule is CN(C)C1Cc2ccc(Nc3cc4c(cn3)c(=O)n(C3CC3)n4-c3cccc(C(C)(C)O)n3)cc2C1. The lowest BCUT2D eigenvalue weighted by atomic mass is 10.1. The molecule has 1 saturated carbocycles. The predicted molar refractivity (Wildman–Crippen MR) is 141 cm³/mol. The van der Waals surface area contributed by atoms with Crippen molar-refractivity contribution < 1.29 is 5.11 Å². The highest BCUT2D eigenvalue weighted by Gasteiger charge is 2.31. The van der Waals surface area contributed by atoms with E-state index in [9.17, 15) is 9.90 Å². The summed E-state index contributed by atoms with van der Waals surface area (Å²) in [6.07, 6.45) is 5.69. The van der Waals surface area contributed by atoms with Gasteiger partial charge in [-0.1, -0.05) is 12.1 Å². The summed E-state index contributed by atoms with van der Waals surface area (Å²) in [7, 11) is 4.27. The highest BCUT2D eigenvalue weighted by atomic mass is 16.3. The highest BCUT2D eigenvalue weighted by molar-refractivity contribution is 5.82. The van der Waals surface area contributed by atoms with Crippen LogP contribution in [0.3, 0.4) is 0 Å². The Labute approximate surface area is 210 Å². The van der Waals surface area contributed by atoms with Crippen molar-refractivity contribution in [2.75, 3.05) is 19.4 Å². The minimum absolute atomic E-state index is 0.0609. The lowest BCUT2D eigenvalue weighted by Crippen LogP contribution is -2.27. The lowest BCUT2D eigenvalue weighted by Gasteiger charge is -2.19. The third kappa shape index (κ3) is 4.00. The van der Waals surface area contributed by atoms with Crippen molar-refractivity contribution in [1.82, 2.24) is 24.2 Å². The standard InChI is InChI=1S/C28H32N6O2/c1-28(2,36)24-6-5-7-26(31-24)34-23-15-25(29-16-22(23)27(35)33(34)20-10-11-20)30-19-9-8-17-13-21(32(3)4)14-18(17)12-19/h5-9,12,15-16,20-21,36H,10-11,13-14H2,1-4H3,(H,29,30). The minimum Gasteiger partial charge on any atom is -0.384 e. The van der Waals surface area contributed by atoms with E-state index in [1.807, 2.05) is 22.9 Å². The van der Waals surface area contributed by atoms with Crippen LogP contribution in [-0.2, 0) is 18.4 Å². The maximum absolute atomic E-state index is 13.4. The molecule has 2 aliphatic rings. The average Bonchev–Trinajstić information content (AvgIpc) is 3.51. The number of hydrogen-bond donors (Lipinski definition) is 2. The molecule has 0 amide bonds. The normalized spacial score (nSPS) is 17.7. The third-order valence-corrected chi connectivity index (χ3v) is 7.36. The van der Waals surface area contributed by atoms with Crippen LogP contribution in [0.4, 0.5) is 11.5 Å². The molecule has 36 heavy (non-hydrogen) atoms. The number of anilines is 2. The molecule has 0 aliphatic heterocycles. The molecule has 1 aromatic carbocycles. The van der Waals surface area contributed by atoms with E-state index in [1.165, 1.54) is 11.1 Å². The third-order valence-electron chi connectivity index (χ3n) is 7.36. The molecular weight excluding hydrogens is 452 g/mol. The number of nitrogens with zero attached hydrogens (tertiary/aromatic N) is 5. The molecule has 4 aromatic rings. The summed E-state index contributed by atoms with van der Waals surface area (Å²) in [5.41, 5.74) is 3.90. The van der Waals surface area contributed by atoms with E-state index in [0.717, 1.165) is 36.9 Å². The molecule has 0 radical (unpaired) electrons. The number of hydrogen-bond acceptors (Lipinski definition) is 6. The monoisotopic (exact) mass is 484 g/mol. The summed E-state index contributed by atoms with van der Waals surface area (Å²) in [5, 5.41) is 14.5. The molecule has 3 heterocycles. The van der Waals surface area contributed by atoms with Crippen molar-refractivity contribution in [3.05, 3.63) is 75.8 Å². The smallest absolute Gasteiger partial charge is 0.276 e. The van der Waals surface area contributed by atoms with E-state index in [4.69, 9.17) is 4.98 Å². The highest BCUT2D eigenvalue weighted by Crippen LogP contribution is 2.36. The summed E-state index contributed by atoms with van der Waals surface area (Å²) in [5.74, 6) is 1.28. The molecule has 2 N–H and O–H groups in total. The van der Waals surface area contributed by atoms with Crippen molar-refractivity contribution in [3.63, 3.8) is 0 Å². The fraction of sp³-hybridized carbons (Fsp3) is 0.393.